The third-order valence-corrected chi connectivity index (χ3v) is 5.29. The number of carboxylic acids is 1. The first-order valence-corrected chi connectivity index (χ1v) is 8.87. The van der Waals surface area contributed by atoms with Crippen LogP contribution in [0.5, 0.6) is 0 Å². The molecule has 0 spiro atoms. The minimum Gasteiger partial charge on any atom is -0.481 e. The normalized spacial score (nSPS) is 16.5. The number of benzene rings is 1. The third kappa shape index (κ3) is 4.00. The van der Waals surface area contributed by atoms with Gasteiger partial charge in [0.2, 0.25) is 0 Å². The van der Waals surface area contributed by atoms with Crippen LogP contribution in [0.4, 0.5) is 4.39 Å². The number of carbonyl (C=O) groups excluding carboxylic acids is 1. The Balaban J connectivity index is 1.79. The average Bonchev–Trinajstić information content (AvgIpc) is 2.60. The highest BCUT2D eigenvalue weighted by Gasteiger charge is 2.34. The summed E-state index contributed by atoms with van der Waals surface area (Å²) in [7, 11) is 0. The van der Waals surface area contributed by atoms with Crippen molar-refractivity contribution in [2.75, 3.05) is 0 Å². The molecule has 138 valence electrons. The Bertz CT molecular complexity index is 893. The fourth-order valence-corrected chi connectivity index (χ4v) is 3.91. The standard InChI is InChI=1S/C20H21FO5/c21-13-4-5-17-14(10-13)16(23)11-18(26-17)15(22)6-9-20(12-19(24)25)7-2-1-3-8-20/h4-5,10-11H,1-3,6-9,12H2,(H,24,25). The van der Waals surface area contributed by atoms with Crippen molar-refractivity contribution in [3.05, 3.63) is 46.1 Å². The molecule has 1 heterocycles. The van der Waals surface area contributed by atoms with Gasteiger partial charge in [-0.2, -0.15) is 0 Å². The smallest absolute Gasteiger partial charge is 0.303 e. The number of halogens is 1. The van der Waals surface area contributed by atoms with E-state index >= 15 is 0 Å². The molecule has 26 heavy (non-hydrogen) atoms. The third-order valence-electron chi connectivity index (χ3n) is 5.29. The Kier molecular flexibility index (Phi) is 5.20. The fourth-order valence-electron chi connectivity index (χ4n) is 3.91. The van der Waals surface area contributed by atoms with Crippen LogP contribution in [0.25, 0.3) is 11.0 Å². The van der Waals surface area contributed by atoms with Crippen LogP contribution < -0.4 is 5.43 Å². The highest BCUT2D eigenvalue weighted by molar-refractivity contribution is 5.94. The zero-order chi connectivity index (χ0) is 18.7. The second-order valence-corrected chi connectivity index (χ2v) is 7.17. The predicted molar refractivity (Wildman–Crippen MR) is 93.8 cm³/mol. The number of carbonyl (C=O) groups is 2. The molecule has 3 rings (SSSR count). The summed E-state index contributed by atoms with van der Waals surface area (Å²) in [4.78, 5) is 35.9. The Morgan fingerprint density at radius 2 is 1.88 bits per heavy atom. The highest BCUT2D eigenvalue weighted by atomic mass is 19.1. The van der Waals surface area contributed by atoms with Crippen LogP contribution in [0.15, 0.2) is 33.5 Å². The van der Waals surface area contributed by atoms with Crippen molar-refractivity contribution in [1.29, 1.82) is 0 Å². The predicted octanol–water partition coefficient (Wildman–Crippen LogP) is 4.32. The molecule has 1 aliphatic rings. The monoisotopic (exact) mass is 360 g/mol. The number of rotatable bonds is 6. The summed E-state index contributed by atoms with van der Waals surface area (Å²) < 4.78 is 18.7. The molecule has 1 saturated carbocycles. The molecule has 0 aliphatic heterocycles. The lowest BCUT2D eigenvalue weighted by Crippen LogP contribution is -2.28. The number of fused-ring (bicyclic) bond motifs is 1. The first kappa shape index (κ1) is 18.3. The number of aliphatic carboxylic acids is 1. The maximum Gasteiger partial charge on any atom is 0.303 e. The Hall–Kier alpha value is -2.50. The van der Waals surface area contributed by atoms with Gasteiger partial charge in [-0.3, -0.25) is 14.4 Å². The summed E-state index contributed by atoms with van der Waals surface area (Å²) in [6, 6.07) is 4.67. The van der Waals surface area contributed by atoms with Gasteiger partial charge in [0.15, 0.2) is 17.0 Å². The van der Waals surface area contributed by atoms with Gasteiger partial charge in [-0.15, -0.1) is 0 Å². The molecule has 1 aromatic heterocycles. The second kappa shape index (κ2) is 7.40. The van der Waals surface area contributed by atoms with Crippen molar-refractivity contribution < 1.29 is 23.5 Å². The number of ketones is 1. The summed E-state index contributed by atoms with van der Waals surface area (Å²) in [6.07, 6.45) is 5.27. The van der Waals surface area contributed by atoms with Gasteiger partial charge in [-0.05, 0) is 42.9 Å². The first-order valence-electron chi connectivity index (χ1n) is 8.87. The summed E-state index contributed by atoms with van der Waals surface area (Å²) in [6.45, 7) is 0. The maximum atomic E-state index is 13.3. The van der Waals surface area contributed by atoms with Crippen LogP contribution in [0.3, 0.4) is 0 Å². The number of hydrogen-bond acceptors (Lipinski definition) is 4. The number of carboxylic acid groups (broad SMARTS) is 1. The highest BCUT2D eigenvalue weighted by Crippen LogP contribution is 2.43. The van der Waals surface area contributed by atoms with Crippen molar-refractivity contribution in [1.82, 2.24) is 0 Å². The molecular weight excluding hydrogens is 339 g/mol. The second-order valence-electron chi connectivity index (χ2n) is 7.17. The summed E-state index contributed by atoms with van der Waals surface area (Å²) in [5.41, 5.74) is -0.660. The molecule has 1 fully saturated rings. The van der Waals surface area contributed by atoms with Gasteiger partial charge in [-0.25, -0.2) is 4.39 Å². The van der Waals surface area contributed by atoms with Crippen LogP contribution >= 0.6 is 0 Å². The lowest BCUT2D eigenvalue weighted by atomic mass is 9.69. The Morgan fingerprint density at radius 3 is 2.58 bits per heavy atom. The molecule has 2 aromatic rings. The van der Waals surface area contributed by atoms with Gasteiger partial charge < -0.3 is 9.52 Å². The maximum absolute atomic E-state index is 13.3. The molecule has 0 saturated heterocycles. The van der Waals surface area contributed by atoms with Crippen molar-refractivity contribution in [2.24, 2.45) is 5.41 Å². The zero-order valence-electron chi connectivity index (χ0n) is 14.4. The van der Waals surface area contributed by atoms with Gasteiger partial charge >= 0.3 is 5.97 Å². The lowest BCUT2D eigenvalue weighted by molar-refractivity contribution is -0.140. The van der Waals surface area contributed by atoms with E-state index in [4.69, 9.17) is 4.42 Å². The molecule has 0 bridgehead atoms. The largest absolute Gasteiger partial charge is 0.481 e. The van der Waals surface area contributed by atoms with E-state index < -0.39 is 17.2 Å². The van der Waals surface area contributed by atoms with Crippen molar-refractivity contribution in [3.63, 3.8) is 0 Å². The molecule has 0 amide bonds. The van der Waals surface area contributed by atoms with E-state index in [1.165, 1.54) is 12.1 Å². The lowest BCUT2D eigenvalue weighted by Gasteiger charge is -2.36. The topological polar surface area (TPSA) is 84.6 Å². The fraction of sp³-hybridized carbons (Fsp3) is 0.450. The molecular formula is C20H21FO5. The molecule has 0 unspecified atom stereocenters. The molecule has 0 radical (unpaired) electrons. The van der Waals surface area contributed by atoms with Gasteiger partial charge in [-0.1, -0.05) is 19.3 Å². The van der Waals surface area contributed by atoms with Crippen LogP contribution in [-0.2, 0) is 4.79 Å². The summed E-state index contributed by atoms with van der Waals surface area (Å²) >= 11 is 0. The SMILES string of the molecule is O=C(O)CC1(CCC(=O)c2cc(=O)c3cc(F)ccc3o2)CCCCC1. The van der Waals surface area contributed by atoms with Crippen LogP contribution in [0, 0.1) is 11.2 Å². The quantitative estimate of drug-likeness (QED) is 0.776. The van der Waals surface area contributed by atoms with E-state index in [0.29, 0.717) is 6.42 Å². The molecule has 5 nitrogen and oxygen atoms in total. The van der Waals surface area contributed by atoms with E-state index in [2.05, 4.69) is 0 Å². The number of hydrogen-bond donors (Lipinski definition) is 1. The van der Waals surface area contributed by atoms with Crippen molar-refractivity contribution in [2.45, 2.75) is 51.4 Å². The first-order chi connectivity index (χ1) is 12.4. The Labute approximate surface area is 149 Å². The Morgan fingerprint density at radius 1 is 1.15 bits per heavy atom. The minimum absolute atomic E-state index is 0.0568. The molecule has 1 N–H and O–H groups in total. The van der Waals surface area contributed by atoms with E-state index in [9.17, 15) is 23.9 Å². The van der Waals surface area contributed by atoms with Crippen LogP contribution in [-0.4, -0.2) is 16.9 Å². The van der Waals surface area contributed by atoms with Crippen LogP contribution in [0.1, 0.15) is 61.9 Å². The van der Waals surface area contributed by atoms with Crippen molar-refractivity contribution >= 4 is 22.7 Å². The van der Waals surface area contributed by atoms with Crippen molar-refractivity contribution in [3.8, 4) is 0 Å². The summed E-state index contributed by atoms with van der Waals surface area (Å²) in [5.74, 6) is -1.78. The number of Topliss-reactive ketones (excluding diaryl/α,β-unsaturated/α-hetero) is 1. The van der Waals surface area contributed by atoms with E-state index in [1.807, 2.05) is 0 Å². The van der Waals surface area contributed by atoms with Gasteiger partial charge in [0.25, 0.3) is 0 Å². The van der Waals surface area contributed by atoms with E-state index in [-0.39, 0.29) is 40.8 Å². The van der Waals surface area contributed by atoms with E-state index in [0.717, 1.165) is 44.2 Å². The molecule has 1 aromatic carbocycles. The minimum atomic E-state index is -0.849. The molecule has 6 heteroatoms. The van der Waals surface area contributed by atoms with Gasteiger partial charge in [0, 0.05) is 12.5 Å². The van der Waals surface area contributed by atoms with Gasteiger partial charge in [0.05, 0.1) is 11.8 Å². The summed E-state index contributed by atoms with van der Waals surface area (Å²) in [5, 5.41) is 9.31. The van der Waals surface area contributed by atoms with E-state index in [1.54, 1.807) is 0 Å². The average molecular weight is 360 g/mol. The van der Waals surface area contributed by atoms with Gasteiger partial charge in [0.1, 0.15) is 11.4 Å². The molecule has 1 aliphatic carbocycles. The zero-order valence-corrected chi connectivity index (χ0v) is 14.4. The van der Waals surface area contributed by atoms with Crippen LogP contribution in [0.2, 0.25) is 0 Å². The molecule has 0 atom stereocenters.